The zero-order chi connectivity index (χ0) is 16.6. The van der Waals surface area contributed by atoms with Crippen molar-refractivity contribution in [1.82, 2.24) is 15.0 Å². The fourth-order valence-electron chi connectivity index (χ4n) is 3.66. The maximum Gasteiger partial charge on any atom is 0.137 e. The number of H-pyrrole nitrogens is 1. The molecule has 0 fully saturated rings. The molecule has 0 spiro atoms. The number of pyridine rings is 1. The predicted octanol–water partition coefficient (Wildman–Crippen LogP) is 4.72. The van der Waals surface area contributed by atoms with Crippen molar-refractivity contribution in [3.8, 4) is 11.4 Å². The summed E-state index contributed by atoms with van der Waals surface area (Å²) < 4.78 is 0. The number of hydrogen-bond acceptors (Lipinski definition) is 3. The molecule has 0 saturated heterocycles. The van der Waals surface area contributed by atoms with Crippen LogP contribution in [0.3, 0.4) is 0 Å². The number of hydrogen-bond donors (Lipinski definition) is 2. The lowest BCUT2D eigenvalue weighted by Crippen LogP contribution is -2.08. The van der Waals surface area contributed by atoms with Crippen molar-refractivity contribution in [2.75, 3.05) is 5.32 Å². The van der Waals surface area contributed by atoms with Gasteiger partial charge in [0, 0.05) is 23.3 Å². The number of nitrogens with one attached hydrogen (secondary N) is 2. The molecule has 0 saturated carbocycles. The quantitative estimate of drug-likeness (QED) is 0.572. The Balaban J connectivity index is 1.44. The zero-order valence-electron chi connectivity index (χ0n) is 13.7. The Morgan fingerprint density at radius 1 is 1.04 bits per heavy atom. The van der Waals surface area contributed by atoms with E-state index in [0.29, 0.717) is 6.04 Å². The van der Waals surface area contributed by atoms with Crippen molar-refractivity contribution in [1.29, 1.82) is 0 Å². The molecule has 1 aliphatic carbocycles. The van der Waals surface area contributed by atoms with Crippen LogP contribution in [-0.2, 0) is 6.42 Å². The lowest BCUT2D eigenvalue weighted by molar-refractivity contribution is 0.758. The number of nitrogens with zero attached hydrogens (tertiary/aromatic N) is 2. The van der Waals surface area contributed by atoms with E-state index in [1.807, 2.05) is 6.20 Å². The van der Waals surface area contributed by atoms with Crippen molar-refractivity contribution in [2.45, 2.75) is 18.9 Å². The predicted molar refractivity (Wildman–Crippen MR) is 100 cm³/mol. The van der Waals surface area contributed by atoms with Gasteiger partial charge in [-0.3, -0.25) is 0 Å². The summed E-state index contributed by atoms with van der Waals surface area (Å²) >= 11 is 0. The summed E-state index contributed by atoms with van der Waals surface area (Å²) in [4.78, 5) is 12.2. The Bertz CT molecular complexity index is 1040. The molecule has 0 radical (unpaired) electrons. The first-order chi connectivity index (χ1) is 12.4. The standard InChI is InChI=1S/C21H18N4/c1-2-4-17-14(3-1)5-9-19(17)25-20-10-7-15-13-16(6-8-18(15)24-20)21-22-11-12-23-21/h1-4,6-8,10-13,19H,5,9H2,(H,22,23)(H,24,25)/t19-/m1/s1. The highest BCUT2D eigenvalue weighted by Gasteiger charge is 2.21. The number of benzene rings is 2. The van der Waals surface area contributed by atoms with Gasteiger partial charge in [0.05, 0.1) is 11.6 Å². The molecule has 4 nitrogen and oxygen atoms in total. The molecule has 1 aliphatic rings. The van der Waals surface area contributed by atoms with E-state index in [1.54, 1.807) is 6.20 Å². The molecule has 25 heavy (non-hydrogen) atoms. The highest BCUT2D eigenvalue weighted by atomic mass is 15.0. The molecular formula is C21H18N4. The van der Waals surface area contributed by atoms with Gasteiger partial charge in [0.15, 0.2) is 0 Å². The van der Waals surface area contributed by atoms with Gasteiger partial charge < -0.3 is 10.3 Å². The summed E-state index contributed by atoms with van der Waals surface area (Å²) in [6.45, 7) is 0. The van der Waals surface area contributed by atoms with Gasteiger partial charge in [0.1, 0.15) is 11.6 Å². The number of aromatic amines is 1. The molecule has 0 bridgehead atoms. The van der Waals surface area contributed by atoms with Crippen LogP contribution >= 0.6 is 0 Å². The second-order valence-electron chi connectivity index (χ2n) is 6.48. The Morgan fingerprint density at radius 2 is 2.00 bits per heavy atom. The molecule has 122 valence electrons. The second kappa shape index (κ2) is 5.74. The van der Waals surface area contributed by atoms with Crippen LogP contribution in [0.4, 0.5) is 5.82 Å². The summed E-state index contributed by atoms with van der Waals surface area (Å²) in [5.74, 6) is 1.81. The molecule has 2 heterocycles. The maximum absolute atomic E-state index is 4.79. The van der Waals surface area contributed by atoms with Crippen LogP contribution in [-0.4, -0.2) is 15.0 Å². The van der Waals surface area contributed by atoms with Crippen molar-refractivity contribution in [3.63, 3.8) is 0 Å². The number of aryl methyl sites for hydroxylation is 1. The van der Waals surface area contributed by atoms with Gasteiger partial charge >= 0.3 is 0 Å². The summed E-state index contributed by atoms with van der Waals surface area (Å²) in [5.41, 5.74) is 4.91. The number of aromatic nitrogens is 3. The van der Waals surface area contributed by atoms with E-state index in [4.69, 9.17) is 4.98 Å². The Hall–Kier alpha value is -3.14. The first-order valence-electron chi connectivity index (χ1n) is 8.62. The van der Waals surface area contributed by atoms with Gasteiger partial charge in [-0.15, -0.1) is 0 Å². The van der Waals surface area contributed by atoms with Crippen LogP contribution in [0.5, 0.6) is 0 Å². The van der Waals surface area contributed by atoms with Crippen molar-refractivity contribution < 1.29 is 0 Å². The average Bonchev–Trinajstić information content (AvgIpc) is 3.32. The number of imidazole rings is 1. The number of rotatable bonds is 3. The second-order valence-corrected chi connectivity index (χ2v) is 6.48. The molecule has 1 atom stereocenters. The minimum Gasteiger partial charge on any atom is -0.363 e. The lowest BCUT2D eigenvalue weighted by Gasteiger charge is -2.15. The first-order valence-corrected chi connectivity index (χ1v) is 8.62. The van der Waals surface area contributed by atoms with E-state index in [-0.39, 0.29) is 0 Å². The fraction of sp³-hybridized carbons (Fsp3) is 0.143. The third-order valence-corrected chi connectivity index (χ3v) is 4.92. The number of anilines is 1. The SMILES string of the molecule is c1ccc2c(c1)CC[C@H]2Nc1ccc2cc(-c3ncc[nH]3)ccc2n1. The van der Waals surface area contributed by atoms with E-state index in [9.17, 15) is 0 Å². The molecule has 2 N–H and O–H groups in total. The summed E-state index contributed by atoms with van der Waals surface area (Å²) in [6.07, 6.45) is 5.86. The molecule has 2 aromatic carbocycles. The third-order valence-electron chi connectivity index (χ3n) is 4.92. The van der Waals surface area contributed by atoms with Gasteiger partial charge in [-0.05, 0) is 54.3 Å². The summed E-state index contributed by atoms with van der Waals surface area (Å²) in [6, 6.07) is 19.4. The lowest BCUT2D eigenvalue weighted by atomic mass is 10.1. The van der Waals surface area contributed by atoms with Crippen LogP contribution in [0.2, 0.25) is 0 Å². The van der Waals surface area contributed by atoms with E-state index in [1.165, 1.54) is 11.1 Å². The molecule has 0 unspecified atom stereocenters. The fourth-order valence-corrected chi connectivity index (χ4v) is 3.66. The van der Waals surface area contributed by atoms with Crippen molar-refractivity contribution in [3.05, 3.63) is 78.1 Å². The van der Waals surface area contributed by atoms with Crippen LogP contribution in [0.1, 0.15) is 23.6 Å². The molecule has 5 rings (SSSR count). The molecular weight excluding hydrogens is 308 g/mol. The highest BCUT2D eigenvalue weighted by Crippen LogP contribution is 2.33. The monoisotopic (exact) mass is 326 g/mol. The first kappa shape index (κ1) is 14.2. The van der Waals surface area contributed by atoms with Crippen LogP contribution in [0.15, 0.2) is 67.0 Å². The average molecular weight is 326 g/mol. The van der Waals surface area contributed by atoms with E-state index in [0.717, 1.165) is 41.0 Å². The largest absolute Gasteiger partial charge is 0.363 e. The normalized spacial score (nSPS) is 16.1. The van der Waals surface area contributed by atoms with Crippen molar-refractivity contribution >= 4 is 16.7 Å². The smallest absolute Gasteiger partial charge is 0.137 e. The van der Waals surface area contributed by atoms with Gasteiger partial charge in [0.2, 0.25) is 0 Å². The summed E-state index contributed by atoms with van der Waals surface area (Å²) in [5, 5.41) is 4.72. The minimum absolute atomic E-state index is 0.351. The third kappa shape index (κ3) is 2.56. The van der Waals surface area contributed by atoms with Crippen LogP contribution in [0, 0.1) is 0 Å². The Labute approximate surface area is 146 Å². The van der Waals surface area contributed by atoms with Gasteiger partial charge in [-0.1, -0.05) is 24.3 Å². The van der Waals surface area contributed by atoms with Crippen LogP contribution in [0.25, 0.3) is 22.3 Å². The zero-order valence-corrected chi connectivity index (χ0v) is 13.7. The maximum atomic E-state index is 4.79. The minimum atomic E-state index is 0.351. The van der Waals surface area contributed by atoms with Gasteiger partial charge in [-0.2, -0.15) is 0 Å². The van der Waals surface area contributed by atoms with Gasteiger partial charge in [-0.25, -0.2) is 9.97 Å². The molecule has 0 amide bonds. The molecule has 0 aliphatic heterocycles. The number of fused-ring (bicyclic) bond motifs is 2. The van der Waals surface area contributed by atoms with Crippen molar-refractivity contribution in [2.24, 2.45) is 0 Å². The highest BCUT2D eigenvalue weighted by molar-refractivity contribution is 5.84. The molecule has 2 aromatic heterocycles. The molecule has 4 aromatic rings. The van der Waals surface area contributed by atoms with Crippen LogP contribution < -0.4 is 5.32 Å². The van der Waals surface area contributed by atoms with Gasteiger partial charge in [0.25, 0.3) is 0 Å². The molecule has 4 heteroatoms. The van der Waals surface area contributed by atoms with E-state index in [2.05, 4.69) is 69.9 Å². The Kier molecular flexibility index (Phi) is 3.27. The van der Waals surface area contributed by atoms with E-state index < -0.39 is 0 Å². The Morgan fingerprint density at radius 3 is 2.92 bits per heavy atom. The topological polar surface area (TPSA) is 53.6 Å². The van der Waals surface area contributed by atoms with E-state index >= 15 is 0 Å². The summed E-state index contributed by atoms with van der Waals surface area (Å²) in [7, 11) is 0.